The molecule has 1 saturated heterocycles. The maximum Gasteiger partial charge on any atom is 0.326 e. The highest BCUT2D eigenvalue weighted by Gasteiger charge is 2.58. The van der Waals surface area contributed by atoms with Crippen LogP contribution in [0, 0.1) is 11.8 Å². The molecule has 3 aliphatic carbocycles. The van der Waals surface area contributed by atoms with Crippen LogP contribution < -0.4 is 5.32 Å². The Morgan fingerprint density at radius 2 is 1.54 bits per heavy atom. The normalized spacial score (nSPS) is 37.7. The first kappa shape index (κ1) is 16.4. The van der Waals surface area contributed by atoms with Gasteiger partial charge in [0.2, 0.25) is 0 Å². The minimum Gasteiger partial charge on any atom is -0.323 e. The molecule has 4 fully saturated rings. The molecule has 0 aromatic rings. The second kappa shape index (κ2) is 6.01. The van der Waals surface area contributed by atoms with Gasteiger partial charge in [0.25, 0.3) is 5.91 Å². The number of imide groups is 1. The fourth-order valence-electron chi connectivity index (χ4n) is 5.42. The number of urea groups is 1. The van der Waals surface area contributed by atoms with Gasteiger partial charge in [0.1, 0.15) is 5.54 Å². The van der Waals surface area contributed by atoms with E-state index < -0.39 is 5.54 Å². The van der Waals surface area contributed by atoms with E-state index in [2.05, 4.69) is 24.1 Å². The second-order valence-electron chi connectivity index (χ2n) is 8.59. The Morgan fingerprint density at radius 3 is 2.12 bits per heavy atom. The van der Waals surface area contributed by atoms with Gasteiger partial charge in [-0.05, 0) is 50.4 Å². The first-order chi connectivity index (χ1) is 11.5. The van der Waals surface area contributed by atoms with Crippen molar-refractivity contribution in [1.82, 2.24) is 15.1 Å². The van der Waals surface area contributed by atoms with E-state index in [0.29, 0.717) is 18.8 Å². The Bertz CT molecular complexity index is 515. The molecule has 0 bridgehead atoms. The van der Waals surface area contributed by atoms with Crippen molar-refractivity contribution >= 4 is 11.9 Å². The highest BCUT2D eigenvalue weighted by Crippen LogP contribution is 2.43. The van der Waals surface area contributed by atoms with Crippen LogP contribution in [0.25, 0.3) is 0 Å². The summed E-state index contributed by atoms with van der Waals surface area (Å²) in [5.41, 5.74) is -0.653. The highest BCUT2D eigenvalue weighted by atomic mass is 16.2. The number of hydrogen-bond acceptors (Lipinski definition) is 3. The zero-order valence-corrected chi connectivity index (χ0v) is 15.1. The first-order valence-electron chi connectivity index (χ1n) is 9.94. The predicted octanol–water partition coefficient (Wildman–Crippen LogP) is 3.10. The van der Waals surface area contributed by atoms with Crippen molar-refractivity contribution in [3.05, 3.63) is 0 Å². The zero-order valence-electron chi connectivity index (χ0n) is 15.1. The molecule has 3 saturated carbocycles. The van der Waals surface area contributed by atoms with E-state index in [0.717, 1.165) is 19.3 Å². The summed E-state index contributed by atoms with van der Waals surface area (Å²) in [5.74, 6) is 0.489. The summed E-state index contributed by atoms with van der Waals surface area (Å²) in [5, 5.41) is 3.13. The second-order valence-corrected chi connectivity index (χ2v) is 8.59. The van der Waals surface area contributed by atoms with Crippen LogP contribution in [-0.2, 0) is 4.79 Å². The van der Waals surface area contributed by atoms with E-state index in [1.165, 1.54) is 43.4 Å². The van der Waals surface area contributed by atoms with Crippen molar-refractivity contribution < 1.29 is 9.59 Å². The van der Waals surface area contributed by atoms with E-state index in [-0.39, 0.29) is 23.8 Å². The van der Waals surface area contributed by atoms with E-state index >= 15 is 0 Å². The molecule has 1 N–H and O–H groups in total. The summed E-state index contributed by atoms with van der Waals surface area (Å²) in [7, 11) is 0. The smallest absolute Gasteiger partial charge is 0.323 e. The third-order valence-electron chi connectivity index (χ3n) is 7.10. The van der Waals surface area contributed by atoms with Crippen LogP contribution in [0.15, 0.2) is 0 Å². The Labute approximate surface area is 145 Å². The number of hydrogen-bond donors (Lipinski definition) is 1. The lowest BCUT2D eigenvalue weighted by atomic mass is 9.67. The number of nitrogens with zero attached hydrogens (tertiary/aromatic N) is 2. The Hall–Kier alpha value is -1.10. The summed E-state index contributed by atoms with van der Waals surface area (Å²) in [6.07, 6.45) is 10.7. The molecule has 24 heavy (non-hydrogen) atoms. The standard InChI is InChI=1S/C19H31N3O2/c1-13-6-5-7-14(2)19(13)17(23)22(18(24)20-19)12-21(16-10-11-16)15-8-3-4-9-15/h13-16H,3-12H2,1-2H3,(H,20,24). The van der Waals surface area contributed by atoms with Crippen LogP contribution in [0.2, 0.25) is 0 Å². The van der Waals surface area contributed by atoms with Crippen molar-refractivity contribution in [2.24, 2.45) is 11.8 Å². The van der Waals surface area contributed by atoms with Crippen molar-refractivity contribution in [2.75, 3.05) is 6.67 Å². The minimum absolute atomic E-state index is 0.0378. The molecule has 0 aromatic carbocycles. The molecular weight excluding hydrogens is 302 g/mol. The number of amides is 3. The van der Waals surface area contributed by atoms with E-state index in [4.69, 9.17) is 0 Å². The predicted molar refractivity (Wildman–Crippen MR) is 92.3 cm³/mol. The van der Waals surface area contributed by atoms with Crippen LogP contribution in [0.5, 0.6) is 0 Å². The van der Waals surface area contributed by atoms with Crippen molar-refractivity contribution in [1.29, 1.82) is 0 Å². The first-order valence-corrected chi connectivity index (χ1v) is 9.94. The molecular formula is C19H31N3O2. The average Bonchev–Trinajstić information content (AvgIpc) is 3.18. The van der Waals surface area contributed by atoms with Gasteiger partial charge in [-0.3, -0.25) is 9.69 Å². The molecule has 0 radical (unpaired) electrons. The Kier molecular flexibility index (Phi) is 4.10. The largest absolute Gasteiger partial charge is 0.326 e. The molecule has 1 spiro atoms. The Balaban J connectivity index is 1.55. The summed E-state index contributed by atoms with van der Waals surface area (Å²) in [6.45, 7) is 4.77. The van der Waals surface area contributed by atoms with Gasteiger partial charge in [-0.1, -0.05) is 33.1 Å². The molecule has 1 heterocycles. The lowest BCUT2D eigenvalue weighted by Crippen LogP contribution is -2.59. The molecule has 4 rings (SSSR count). The Morgan fingerprint density at radius 1 is 0.958 bits per heavy atom. The molecule has 5 nitrogen and oxygen atoms in total. The molecule has 134 valence electrons. The summed E-state index contributed by atoms with van der Waals surface area (Å²) >= 11 is 0. The third kappa shape index (κ3) is 2.47. The van der Waals surface area contributed by atoms with E-state index in [1.807, 2.05) is 0 Å². The number of carbonyl (C=O) groups excluding carboxylic acids is 2. The molecule has 3 amide bonds. The molecule has 5 heteroatoms. The van der Waals surface area contributed by atoms with Gasteiger partial charge in [-0.15, -0.1) is 0 Å². The molecule has 2 unspecified atom stereocenters. The monoisotopic (exact) mass is 333 g/mol. The van der Waals surface area contributed by atoms with Gasteiger partial charge in [0.05, 0.1) is 6.67 Å². The fraction of sp³-hybridized carbons (Fsp3) is 0.895. The van der Waals surface area contributed by atoms with Gasteiger partial charge >= 0.3 is 6.03 Å². The summed E-state index contributed by atoms with van der Waals surface area (Å²) in [4.78, 5) is 30.0. The average molecular weight is 333 g/mol. The zero-order chi connectivity index (χ0) is 16.9. The van der Waals surface area contributed by atoms with Crippen LogP contribution in [-0.4, -0.2) is 46.0 Å². The van der Waals surface area contributed by atoms with Crippen molar-refractivity contribution in [2.45, 2.75) is 89.3 Å². The summed E-state index contributed by atoms with van der Waals surface area (Å²) in [6, 6.07) is 0.992. The quantitative estimate of drug-likeness (QED) is 0.804. The maximum absolute atomic E-state index is 13.3. The molecule has 2 atom stereocenters. The molecule has 1 aliphatic heterocycles. The van der Waals surface area contributed by atoms with Crippen molar-refractivity contribution in [3.8, 4) is 0 Å². The van der Waals surface area contributed by atoms with Gasteiger partial charge in [0.15, 0.2) is 0 Å². The molecule has 4 aliphatic rings. The van der Waals surface area contributed by atoms with Crippen molar-refractivity contribution in [3.63, 3.8) is 0 Å². The number of rotatable bonds is 4. The van der Waals surface area contributed by atoms with Gasteiger partial charge in [-0.25, -0.2) is 9.69 Å². The number of nitrogens with one attached hydrogen (secondary N) is 1. The van der Waals surface area contributed by atoms with E-state index in [9.17, 15) is 9.59 Å². The van der Waals surface area contributed by atoms with E-state index in [1.54, 1.807) is 0 Å². The topological polar surface area (TPSA) is 52.7 Å². The third-order valence-corrected chi connectivity index (χ3v) is 7.10. The SMILES string of the molecule is CC1CCCC(C)C12NC(=O)N(CN(C1CCCC1)C1CC1)C2=O. The fourth-order valence-corrected chi connectivity index (χ4v) is 5.42. The maximum atomic E-state index is 13.3. The van der Waals surface area contributed by atoms with Crippen LogP contribution in [0.1, 0.15) is 71.6 Å². The lowest BCUT2D eigenvalue weighted by molar-refractivity contribution is -0.138. The van der Waals surface area contributed by atoms with Gasteiger partial charge < -0.3 is 5.32 Å². The minimum atomic E-state index is -0.653. The van der Waals surface area contributed by atoms with Crippen LogP contribution in [0.3, 0.4) is 0 Å². The lowest BCUT2D eigenvalue weighted by Gasteiger charge is -2.42. The van der Waals surface area contributed by atoms with Crippen LogP contribution in [0.4, 0.5) is 4.79 Å². The van der Waals surface area contributed by atoms with Gasteiger partial charge in [-0.2, -0.15) is 0 Å². The highest BCUT2D eigenvalue weighted by molar-refractivity contribution is 6.07. The van der Waals surface area contributed by atoms with Crippen LogP contribution >= 0.6 is 0 Å². The number of carbonyl (C=O) groups is 2. The van der Waals surface area contributed by atoms with Gasteiger partial charge in [0, 0.05) is 12.1 Å². The molecule has 0 aromatic heterocycles. The summed E-state index contributed by atoms with van der Waals surface area (Å²) < 4.78 is 0.